The number of aliphatic hydroxyl groups excluding tert-OH is 2. The molecule has 2 rings (SSSR count). The number of methoxy groups -OCH3 is 1. The molecule has 1 fully saturated rings. The number of carbonyl (C=O) groups excluding carboxylic acids is 1. The molecule has 0 aromatic rings. The van der Waals surface area contributed by atoms with Crippen LogP contribution in [0.5, 0.6) is 0 Å². The van der Waals surface area contributed by atoms with Gasteiger partial charge in [0.25, 0.3) is 0 Å². The van der Waals surface area contributed by atoms with Crippen LogP contribution in [0, 0.1) is 0 Å². The Bertz CT molecular complexity index is 274. The van der Waals surface area contributed by atoms with Crippen LogP contribution < -0.4 is 0 Å². The standard InChI is InChI=1S/C8H10O5/c1-12-7(11)8-5(13-8)3-2-4(9)6(8)10/h2-6,9-10H,1H3/t4-,5+,6-,8+/m1/s1. The van der Waals surface area contributed by atoms with Gasteiger partial charge in [-0.05, 0) is 0 Å². The lowest BCUT2D eigenvalue weighted by molar-refractivity contribution is -0.154. The van der Waals surface area contributed by atoms with Gasteiger partial charge in [0.15, 0.2) is 0 Å². The van der Waals surface area contributed by atoms with Crippen molar-refractivity contribution in [3.8, 4) is 0 Å². The number of hydrogen-bond donors (Lipinski definition) is 2. The van der Waals surface area contributed by atoms with Crippen LogP contribution in [0.1, 0.15) is 0 Å². The molecule has 4 atom stereocenters. The molecule has 0 aromatic carbocycles. The number of epoxide rings is 1. The zero-order chi connectivity index (χ0) is 9.64. The van der Waals surface area contributed by atoms with Crippen LogP contribution in [0.2, 0.25) is 0 Å². The van der Waals surface area contributed by atoms with Crippen molar-refractivity contribution in [3.05, 3.63) is 12.2 Å². The van der Waals surface area contributed by atoms with Gasteiger partial charge in [0, 0.05) is 0 Å². The van der Waals surface area contributed by atoms with E-state index in [1.807, 2.05) is 0 Å². The second kappa shape index (κ2) is 2.54. The molecule has 72 valence electrons. The highest BCUT2D eigenvalue weighted by molar-refractivity contribution is 5.85. The van der Waals surface area contributed by atoms with Gasteiger partial charge in [-0.25, -0.2) is 4.79 Å². The maximum atomic E-state index is 11.2. The molecule has 0 aromatic heterocycles. The van der Waals surface area contributed by atoms with E-state index in [0.29, 0.717) is 0 Å². The minimum absolute atomic E-state index is 0.460. The summed E-state index contributed by atoms with van der Waals surface area (Å²) in [5.41, 5.74) is -1.36. The Hall–Kier alpha value is -0.910. The summed E-state index contributed by atoms with van der Waals surface area (Å²) < 4.78 is 9.51. The van der Waals surface area contributed by atoms with Gasteiger partial charge >= 0.3 is 5.97 Å². The normalized spacial score (nSPS) is 46.8. The van der Waals surface area contributed by atoms with E-state index in [0.717, 1.165) is 0 Å². The predicted octanol–water partition coefficient (Wildman–Crippen LogP) is -1.41. The third-order valence-corrected chi connectivity index (χ3v) is 2.44. The van der Waals surface area contributed by atoms with Crippen LogP contribution in [0.3, 0.4) is 0 Å². The van der Waals surface area contributed by atoms with Gasteiger partial charge < -0.3 is 19.7 Å². The number of rotatable bonds is 1. The number of fused-ring (bicyclic) bond motifs is 1. The topological polar surface area (TPSA) is 79.3 Å². The number of esters is 1. The van der Waals surface area contributed by atoms with E-state index in [1.165, 1.54) is 13.2 Å². The maximum Gasteiger partial charge on any atom is 0.344 e. The van der Waals surface area contributed by atoms with Crippen LogP contribution in [0.15, 0.2) is 12.2 Å². The Kier molecular flexibility index (Phi) is 1.69. The first-order valence-corrected chi connectivity index (χ1v) is 3.93. The van der Waals surface area contributed by atoms with Crippen molar-refractivity contribution in [2.75, 3.05) is 7.11 Å². The number of ether oxygens (including phenoxy) is 2. The van der Waals surface area contributed by atoms with E-state index in [1.54, 1.807) is 6.08 Å². The molecule has 0 amide bonds. The summed E-state index contributed by atoms with van der Waals surface area (Å²) in [5, 5.41) is 18.8. The van der Waals surface area contributed by atoms with E-state index in [4.69, 9.17) is 4.74 Å². The van der Waals surface area contributed by atoms with Crippen molar-refractivity contribution in [1.29, 1.82) is 0 Å². The molecule has 1 aliphatic heterocycles. The molecule has 0 spiro atoms. The van der Waals surface area contributed by atoms with Crippen molar-refractivity contribution >= 4 is 5.97 Å². The third-order valence-electron chi connectivity index (χ3n) is 2.44. The highest BCUT2D eigenvalue weighted by Crippen LogP contribution is 2.45. The summed E-state index contributed by atoms with van der Waals surface area (Å²) >= 11 is 0. The molecular formula is C8H10O5. The molecular weight excluding hydrogens is 176 g/mol. The second-order valence-electron chi connectivity index (χ2n) is 3.14. The molecule has 0 saturated carbocycles. The summed E-state index contributed by atoms with van der Waals surface area (Å²) in [5.74, 6) is -0.645. The first-order valence-electron chi connectivity index (χ1n) is 3.93. The van der Waals surface area contributed by atoms with E-state index >= 15 is 0 Å². The van der Waals surface area contributed by atoms with Gasteiger partial charge in [-0.1, -0.05) is 12.2 Å². The summed E-state index contributed by atoms with van der Waals surface area (Å²) in [7, 11) is 1.22. The highest BCUT2D eigenvalue weighted by atomic mass is 16.7. The first kappa shape index (κ1) is 8.68. The molecule has 5 nitrogen and oxygen atoms in total. The highest BCUT2D eigenvalue weighted by Gasteiger charge is 2.70. The first-order chi connectivity index (χ1) is 6.13. The van der Waals surface area contributed by atoms with Gasteiger partial charge in [-0.15, -0.1) is 0 Å². The average Bonchev–Trinajstić information content (AvgIpc) is 2.87. The molecule has 2 aliphatic rings. The fourth-order valence-corrected chi connectivity index (χ4v) is 1.61. The SMILES string of the molecule is COC(=O)[C@]12O[C@H]1C=C[C@@H](O)[C@H]2O. The number of carbonyl (C=O) groups is 1. The van der Waals surface area contributed by atoms with Crippen molar-refractivity contribution in [3.63, 3.8) is 0 Å². The Balaban J connectivity index is 2.27. The molecule has 0 radical (unpaired) electrons. The van der Waals surface area contributed by atoms with E-state index in [-0.39, 0.29) is 0 Å². The van der Waals surface area contributed by atoms with Gasteiger partial charge in [0.05, 0.1) is 7.11 Å². The van der Waals surface area contributed by atoms with Crippen LogP contribution in [0.25, 0.3) is 0 Å². The Morgan fingerprint density at radius 1 is 1.54 bits per heavy atom. The zero-order valence-corrected chi connectivity index (χ0v) is 7.01. The maximum absolute atomic E-state index is 11.2. The number of hydrogen-bond acceptors (Lipinski definition) is 5. The lowest BCUT2D eigenvalue weighted by Crippen LogP contribution is -2.48. The molecule has 13 heavy (non-hydrogen) atoms. The summed E-state index contributed by atoms with van der Waals surface area (Å²) in [6.07, 6.45) is 0.184. The van der Waals surface area contributed by atoms with Crippen molar-refractivity contribution < 1.29 is 24.5 Å². The summed E-state index contributed by atoms with van der Waals surface area (Å²) in [6.45, 7) is 0. The van der Waals surface area contributed by atoms with Crippen LogP contribution in [0.4, 0.5) is 0 Å². The van der Waals surface area contributed by atoms with Crippen molar-refractivity contribution in [1.82, 2.24) is 0 Å². The Morgan fingerprint density at radius 3 is 2.85 bits per heavy atom. The van der Waals surface area contributed by atoms with Crippen molar-refractivity contribution in [2.45, 2.75) is 23.9 Å². The molecule has 1 aliphatic carbocycles. The van der Waals surface area contributed by atoms with Gasteiger partial charge in [0.1, 0.15) is 18.3 Å². The third kappa shape index (κ3) is 0.948. The van der Waals surface area contributed by atoms with Crippen molar-refractivity contribution in [2.24, 2.45) is 0 Å². The fraction of sp³-hybridized carbons (Fsp3) is 0.625. The summed E-state index contributed by atoms with van der Waals surface area (Å²) in [6, 6.07) is 0. The second-order valence-corrected chi connectivity index (χ2v) is 3.14. The molecule has 2 N–H and O–H groups in total. The van der Waals surface area contributed by atoms with Gasteiger partial charge in [-0.3, -0.25) is 0 Å². The fourth-order valence-electron chi connectivity index (χ4n) is 1.61. The van der Waals surface area contributed by atoms with E-state index in [2.05, 4.69) is 4.74 Å². The van der Waals surface area contributed by atoms with Gasteiger partial charge in [-0.2, -0.15) is 0 Å². The largest absolute Gasteiger partial charge is 0.467 e. The zero-order valence-electron chi connectivity index (χ0n) is 7.01. The number of aliphatic hydroxyl groups is 2. The molecule has 0 unspecified atom stereocenters. The lowest BCUT2D eigenvalue weighted by atomic mass is 9.89. The molecule has 0 bridgehead atoms. The quantitative estimate of drug-likeness (QED) is 0.299. The monoisotopic (exact) mass is 186 g/mol. The van der Waals surface area contributed by atoms with E-state index in [9.17, 15) is 15.0 Å². The summed E-state index contributed by atoms with van der Waals surface area (Å²) in [4.78, 5) is 11.2. The van der Waals surface area contributed by atoms with Crippen LogP contribution >= 0.6 is 0 Å². The molecule has 1 saturated heterocycles. The Morgan fingerprint density at radius 2 is 2.23 bits per heavy atom. The Labute approximate surface area is 74.6 Å². The van der Waals surface area contributed by atoms with Crippen LogP contribution in [-0.2, 0) is 14.3 Å². The smallest absolute Gasteiger partial charge is 0.344 e. The predicted molar refractivity (Wildman–Crippen MR) is 40.8 cm³/mol. The minimum Gasteiger partial charge on any atom is -0.467 e. The molecule has 5 heteroatoms. The minimum atomic E-state index is -1.36. The van der Waals surface area contributed by atoms with E-state index < -0.39 is 29.9 Å². The van der Waals surface area contributed by atoms with Crippen LogP contribution in [-0.4, -0.2) is 47.2 Å². The lowest BCUT2D eigenvalue weighted by Gasteiger charge is -2.22. The van der Waals surface area contributed by atoms with Gasteiger partial charge in [0.2, 0.25) is 5.60 Å². The average molecular weight is 186 g/mol. The molecule has 1 heterocycles.